The highest BCUT2D eigenvalue weighted by Gasteiger charge is 2.64. The number of non-ortho nitro benzene ring substituents is 1. The number of thiazole rings is 1. The number of ether oxygens (including phenoxy) is 1. The minimum absolute atomic E-state index is 0.0254. The average Bonchev–Trinajstić information content (AvgIpc) is 3.42. The van der Waals surface area contributed by atoms with Crippen LogP contribution in [0.4, 0.5) is 10.8 Å². The van der Waals surface area contributed by atoms with E-state index < -0.39 is 73.7 Å². The molecule has 4 N–H and O–H groups in total. The number of nitro benzene ring substituents is 1. The van der Waals surface area contributed by atoms with Crippen molar-refractivity contribution in [3.05, 3.63) is 51.0 Å². The lowest BCUT2D eigenvalue weighted by Crippen LogP contribution is -2.84. The van der Waals surface area contributed by atoms with E-state index in [9.17, 15) is 47.1 Å². The number of amides is 4. The number of hydrogen-bond acceptors (Lipinski definition) is 14. The van der Waals surface area contributed by atoms with Crippen molar-refractivity contribution in [1.29, 1.82) is 0 Å². The van der Waals surface area contributed by atoms with Crippen molar-refractivity contribution in [3.8, 4) is 0 Å². The topological polar surface area (TPSA) is 266 Å². The van der Waals surface area contributed by atoms with Crippen LogP contribution in [0.5, 0.6) is 0 Å². The largest absolute Gasteiger partial charge is 0.458 e. The van der Waals surface area contributed by atoms with Crippen LogP contribution in [0.3, 0.4) is 0 Å². The van der Waals surface area contributed by atoms with Gasteiger partial charge in [0.2, 0.25) is 17.4 Å². The van der Waals surface area contributed by atoms with Crippen molar-refractivity contribution in [2.24, 2.45) is 5.16 Å². The summed E-state index contributed by atoms with van der Waals surface area (Å²) in [5.41, 5.74) is -4.66. The molecule has 0 spiro atoms. The average molecular weight is 704 g/mol. The van der Waals surface area contributed by atoms with Crippen molar-refractivity contribution in [2.75, 3.05) is 11.2 Å². The lowest BCUT2D eigenvalue weighted by molar-refractivity contribution is -0.384. The molecule has 2 aromatic rings. The Bertz CT molecular complexity index is 1710. The Balaban J connectivity index is 1.89. The first kappa shape index (κ1) is 35.7. The molecule has 1 saturated heterocycles. The van der Waals surface area contributed by atoms with Crippen LogP contribution in [-0.2, 0) is 50.5 Å². The van der Waals surface area contributed by atoms with Gasteiger partial charge in [0.1, 0.15) is 18.2 Å². The maximum Gasteiger partial charge on any atom is 0.364 e. The highest BCUT2D eigenvalue weighted by molar-refractivity contribution is 7.84. The Morgan fingerprint density at radius 3 is 2.43 bits per heavy atom. The second kappa shape index (κ2) is 13.7. The van der Waals surface area contributed by atoms with Crippen molar-refractivity contribution >= 4 is 79.4 Å². The van der Waals surface area contributed by atoms with E-state index in [0.29, 0.717) is 5.56 Å². The Labute approximate surface area is 269 Å². The van der Waals surface area contributed by atoms with Gasteiger partial charge >= 0.3 is 16.3 Å². The third-order valence-corrected chi connectivity index (χ3v) is 7.97. The quantitative estimate of drug-likeness (QED) is 0.0420. The normalized spacial score (nSPS) is 18.2. The Hall–Kier alpha value is -4.73. The molecule has 3 rings (SSSR count). The minimum Gasteiger partial charge on any atom is -0.458 e. The fourth-order valence-electron chi connectivity index (χ4n) is 3.71. The van der Waals surface area contributed by atoms with Crippen LogP contribution in [0.1, 0.15) is 39.0 Å². The molecule has 2 heterocycles. The van der Waals surface area contributed by atoms with Crippen LogP contribution in [0.25, 0.3) is 0 Å². The van der Waals surface area contributed by atoms with Crippen molar-refractivity contribution in [3.63, 3.8) is 0 Å². The van der Waals surface area contributed by atoms with E-state index in [0.717, 1.165) is 25.2 Å². The zero-order chi connectivity index (χ0) is 34.6. The molecular formula is C24H26ClN7O12S2. The molecule has 2 atom stereocenters. The maximum absolute atomic E-state index is 13.5. The summed E-state index contributed by atoms with van der Waals surface area (Å²) < 4.78 is 38.1. The van der Waals surface area contributed by atoms with Gasteiger partial charge in [0.25, 0.3) is 17.5 Å². The molecule has 46 heavy (non-hydrogen) atoms. The number of carbonyl (C=O) groups is 5. The molecule has 19 nitrogen and oxygen atoms in total. The number of rotatable bonds is 13. The maximum atomic E-state index is 13.5. The predicted molar refractivity (Wildman–Crippen MR) is 159 cm³/mol. The van der Waals surface area contributed by atoms with Gasteiger partial charge < -0.3 is 25.5 Å². The fraction of sp³-hybridized carbons (Fsp3) is 0.375. The van der Waals surface area contributed by atoms with E-state index in [2.05, 4.69) is 26.1 Å². The van der Waals surface area contributed by atoms with Crippen LogP contribution < -0.4 is 16.0 Å². The Morgan fingerprint density at radius 2 is 1.89 bits per heavy atom. The summed E-state index contributed by atoms with van der Waals surface area (Å²) in [5.74, 6) is -5.35. The van der Waals surface area contributed by atoms with Crippen molar-refractivity contribution in [2.45, 2.75) is 51.6 Å². The standard InChI is InChI=1S/C24H26ClN7O12S2/c1-12(33)26-19-24(4,20(36)31(19)46(40,41)42)29-18(35)17(15-11-45-22(27-15)28-16(34)9-25)30-44-23(2,3)21(37)43-10-13-5-7-14(8-6-13)32(38)39/h5-8,11,19H,9-10H2,1-4H3,(H,26,33)(H,29,35)(H,27,28,34)(H,40,41,42)/t19-,24-/m1/s1. The molecule has 1 aliphatic rings. The highest BCUT2D eigenvalue weighted by Crippen LogP contribution is 2.32. The van der Waals surface area contributed by atoms with Gasteiger partial charge in [-0.3, -0.25) is 33.8 Å². The van der Waals surface area contributed by atoms with Crippen LogP contribution in [0.15, 0.2) is 34.8 Å². The zero-order valence-electron chi connectivity index (χ0n) is 24.3. The molecule has 248 valence electrons. The first-order chi connectivity index (χ1) is 21.3. The van der Waals surface area contributed by atoms with E-state index in [1.165, 1.54) is 43.5 Å². The number of hydrogen-bond donors (Lipinski definition) is 4. The van der Waals surface area contributed by atoms with Gasteiger partial charge in [-0.2, -0.15) is 12.7 Å². The van der Waals surface area contributed by atoms with E-state index in [4.69, 9.17) is 21.2 Å². The molecule has 0 aliphatic carbocycles. The summed E-state index contributed by atoms with van der Waals surface area (Å²) in [6, 6.07) is 5.19. The SMILES string of the molecule is CC(=O)N[C@@H]1N(S(=O)(=O)O)C(=O)[C@]1(C)NC(=O)C(=NOC(C)(C)C(=O)OCc1ccc([N+](=O)[O-])cc1)c1csc(NC(=O)CCl)n1. The van der Waals surface area contributed by atoms with Crippen LogP contribution in [0.2, 0.25) is 0 Å². The van der Waals surface area contributed by atoms with Gasteiger partial charge in [-0.05, 0) is 38.5 Å². The number of anilines is 1. The van der Waals surface area contributed by atoms with E-state index >= 15 is 0 Å². The lowest BCUT2D eigenvalue weighted by atomic mass is 9.88. The number of nitrogens with zero attached hydrogens (tertiary/aromatic N) is 4. The first-order valence-corrected chi connectivity index (χ1v) is 15.5. The molecule has 1 aliphatic heterocycles. The van der Waals surface area contributed by atoms with Gasteiger partial charge in [0.15, 0.2) is 22.5 Å². The second-order valence-electron chi connectivity index (χ2n) is 10.1. The Morgan fingerprint density at radius 1 is 1.26 bits per heavy atom. The highest BCUT2D eigenvalue weighted by atomic mass is 35.5. The molecule has 1 aromatic carbocycles. The molecular weight excluding hydrogens is 678 g/mol. The van der Waals surface area contributed by atoms with Crippen LogP contribution in [-0.4, -0.2) is 85.7 Å². The van der Waals surface area contributed by atoms with E-state index in [1.54, 1.807) is 0 Å². The van der Waals surface area contributed by atoms with Crippen molar-refractivity contribution < 1.29 is 51.4 Å². The van der Waals surface area contributed by atoms with Crippen molar-refractivity contribution in [1.82, 2.24) is 19.9 Å². The lowest BCUT2D eigenvalue weighted by Gasteiger charge is -2.51. The number of esters is 1. The zero-order valence-corrected chi connectivity index (χ0v) is 26.7. The van der Waals surface area contributed by atoms with Gasteiger partial charge in [0, 0.05) is 24.4 Å². The third kappa shape index (κ3) is 8.10. The van der Waals surface area contributed by atoms with Gasteiger partial charge in [-0.15, -0.1) is 22.9 Å². The van der Waals surface area contributed by atoms with Gasteiger partial charge in [0.05, 0.1) is 4.92 Å². The summed E-state index contributed by atoms with van der Waals surface area (Å²) in [5, 5.41) is 22.6. The van der Waals surface area contributed by atoms with Crippen LogP contribution in [0, 0.1) is 10.1 Å². The van der Waals surface area contributed by atoms with E-state index in [1.807, 2.05) is 0 Å². The summed E-state index contributed by atoms with van der Waals surface area (Å²) in [6.45, 7) is 4.25. The van der Waals surface area contributed by atoms with Gasteiger partial charge in [-0.1, -0.05) is 5.16 Å². The molecule has 1 aromatic heterocycles. The Kier molecular flexibility index (Phi) is 10.7. The molecule has 4 amide bonds. The molecule has 22 heteroatoms. The third-order valence-electron chi connectivity index (χ3n) is 6.09. The number of nitrogens with one attached hydrogen (secondary N) is 3. The first-order valence-electron chi connectivity index (χ1n) is 12.7. The van der Waals surface area contributed by atoms with Crippen LogP contribution >= 0.6 is 22.9 Å². The van der Waals surface area contributed by atoms with E-state index in [-0.39, 0.29) is 27.4 Å². The molecule has 0 radical (unpaired) electrons. The monoisotopic (exact) mass is 703 g/mol. The predicted octanol–water partition coefficient (Wildman–Crippen LogP) is 0.453. The van der Waals surface area contributed by atoms with Gasteiger partial charge in [-0.25, -0.2) is 9.78 Å². The number of oxime groups is 1. The fourth-order valence-corrected chi connectivity index (χ4v) is 5.42. The number of alkyl halides is 1. The number of carbonyl (C=O) groups excluding carboxylic acids is 5. The summed E-state index contributed by atoms with van der Waals surface area (Å²) in [4.78, 5) is 82.3. The number of halogens is 1. The molecule has 0 unspecified atom stereocenters. The molecule has 0 bridgehead atoms. The number of β-lactam (4-membered cyclic amide) rings is 1. The molecule has 1 fully saturated rings. The number of nitro groups is 1. The number of aromatic nitrogens is 1. The summed E-state index contributed by atoms with van der Waals surface area (Å²) in [7, 11) is -5.15. The second-order valence-corrected chi connectivity index (χ2v) is 12.5. The smallest absolute Gasteiger partial charge is 0.364 e. The minimum atomic E-state index is -5.15. The summed E-state index contributed by atoms with van der Waals surface area (Å²) >= 11 is 6.34. The number of benzene rings is 1. The summed E-state index contributed by atoms with van der Waals surface area (Å²) in [6.07, 6.45) is -1.75. The molecule has 0 saturated carbocycles.